The van der Waals surface area contributed by atoms with Crippen molar-refractivity contribution in [2.24, 2.45) is 0 Å². The minimum atomic E-state index is -0.935. The first-order valence-electron chi connectivity index (χ1n) is 9.27. The van der Waals surface area contributed by atoms with Crippen LogP contribution in [0.5, 0.6) is 0 Å². The summed E-state index contributed by atoms with van der Waals surface area (Å²) < 4.78 is 29.8. The van der Waals surface area contributed by atoms with Crippen molar-refractivity contribution in [1.82, 2.24) is 24.4 Å². The molecule has 8 nitrogen and oxygen atoms in total. The van der Waals surface area contributed by atoms with E-state index in [-0.39, 0.29) is 12.2 Å². The van der Waals surface area contributed by atoms with Gasteiger partial charge in [-0.25, -0.2) is 18.7 Å². The molecule has 10 heteroatoms. The number of amides is 1. The van der Waals surface area contributed by atoms with Gasteiger partial charge in [0.25, 0.3) is 5.91 Å². The zero-order valence-electron chi connectivity index (χ0n) is 16.6. The van der Waals surface area contributed by atoms with Crippen molar-refractivity contribution in [2.45, 2.75) is 25.6 Å². The van der Waals surface area contributed by atoms with Gasteiger partial charge in [-0.05, 0) is 24.1 Å². The number of carbonyl (C=O) groups is 2. The molecular formula is C20H22F2N6O2. The summed E-state index contributed by atoms with van der Waals surface area (Å²) in [7, 11) is 3.74. The molecule has 158 valence electrons. The molecule has 0 spiro atoms. The maximum absolute atomic E-state index is 13.3. The van der Waals surface area contributed by atoms with Crippen molar-refractivity contribution in [3.8, 4) is 0 Å². The first-order valence-corrected chi connectivity index (χ1v) is 9.27. The summed E-state index contributed by atoms with van der Waals surface area (Å²) in [5.74, 6) is -1.59. The first kappa shape index (κ1) is 21.2. The van der Waals surface area contributed by atoms with Crippen LogP contribution in [0.1, 0.15) is 22.5 Å². The molecular weight excluding hydrogens is 394 g/mol. The molecule has 0 radical (unpaired) electrons. The fourth-order valence-electron chi connectivity index (χ4n) is 2.98. The SMILES string of the molecule is CN(C)c1nccn1CCC(C=O)NC(=O)c1cn(Cc2ccc(F)c(F)c2)cn1. The molecule has 0 aliphatic carbocycles. The van der Waals surface area contributed by atoms with Gasteiger partial charge in [-0.2, -0.15) is 0 Å². The van der Waals surface area contributed by atoms with Gasteiger partial charge < -0.3 is 24.1 Å². The Morgan fingerprint density at radius 2 is 2.07 bits per heavy atom. The molecule has 0 fully saturated rings. The molecule has 0 aliphatic heterocycles. The number of benzene rings is 1. The lowest BCUT2D eigenvalue weighted by Crippen LogP contribution is -2.37. The van der Waals surface area contributed by atoms with Crippen LogP contribution in [-0.2, 0) is 17.9 Å². The molecule has 1 N–H and O–H groups in total. The Labute approximate surface area is 172 Å². The fourth-order valence-corrected chi connectivity index (χ4v) is 2.98. The monoisotopic (exact) mass is 416 g/mol. The number of hydrogen-bond donors (Lipinski definition) is 1. The van der Waals surface area contributed by atoms with Crippen molar-refractivity contribution in [1.29, 1.82) is 0 Å². The lowest BCUT2D eigenvalue weighted by Gasteiger charge is -2.16. The first-order chi connectivity index (χ1) is 14.4. The van der Waals surface area contributed by atoms with Crippen molar-refractivity contribution in [3.05, 3.63) is 66.0 Å². The smallest absolute Gasteiger partial charge is 0.272 e. The van der Waals surface area contributed by atoms with E-state index >= 15 is 0 Å². The van der Waals surface area contributed by atoms with E-state index in [9.17, 15) is 18.4 Å². The lowest BCUT2D eigenvalue weighted by molar-refractivity contribution is -0.109. The molecule has 2 heterocycles. The van der Waals surface area contributed by atoms with E-state index in [0.29, 0.717) is 24.8 Å². The standard InChI is InChI=1S/C20H22F2N6O2/c1-26(2)20-23-6-8-28(20)7-5-15(12-29)25-19(30)18-11-27(13-24-18)10-14-3-4-16(21)17(22)9-14/h3-4,6,8-9,11-13,15H,5,7,10H2,1-2H3,(H,25,30). The van der Waals surface area contributed by atoms with Crippen LogP contribution in [0.2, 0.25) is 0 Å². The zero-order chi connectivity index (χ0) is 21.7. The number of aldehydes is 1. The second-order valence-corrected chi connectivity index (χ2v) is 7.00. The number of rotatable bonds is 9. The van der Waals surface area contributed by atoms with E-state index in [2.05, 4.69) is 15.3 Å². The normalized spacial score (nSPS) is 11.9. The zero-order valence-corrected chi connectivity index (χ0v) is 16.6. The Bertz CT molecular complexity index is 1030. The highest BCUT2D eigenvalue weighted by Gasteiger charge is 2.16. The van der Waals surface area contributed by atoms with Gasteiger partial charge >= 0.3 is 0 Å². The lowest BCUT2D eigenvalue weighted by atomic mass is 10.2. The third-order valence-corrected chi connectivity index (χ3v) is 4.47. The highest BCUT2D eigenvalue weighted by atomic mass is 19.2. The number of imidazole rings is 2. The molecule has 1 aromatic carbocycles. The molecule has 30 heavy (non-hydrogen) atoms. The molecule has 3 aromatic rings. The van der Waals surface area contributed by atoms with Gasteiger partial charge in [0.2, 0.25) is 5.95 Å². The Hall–Kier alpha value is -3.56. The molecule has 0 aliphatic rings. The van der Waals surface area contributed by atoms with Gasteiger partial charge in [0.1, 0.15) is 12.0 Å². The number of aromatic nitrogens is 4. The second kappa shape index (κ2) is 9.29. The minimum absolute atomic E-state index is 0.126. The van der Waals surface area contributed by atoms with Crippen LogP contribution in [-0.4, -0.2) is 51.4 Å². The average molecular weight is 416 g/mol. The summed E-state index contributed by atoms with van der Waals surface area (Å²) in [5.41, 5.74) is 0.655. The summed E-state index contributed by atoms with van der Waals surface area (Å²) in [4.78, 5) is 34.0. The largest absolute Gasteiger partial charge is 0.348 e. The van der Waals surface area contributed by atoms with Gasteiger partial charge in [0, 0.05) is 45.8 Å². The molecule has 0 saturated carbocycles. The number of nitrogens with one attached hydrogen (secondary N) is 1. The number of anilines is 1. The van der Waals surface area contributed by atoms with E-state index in [1.807, 2.05) is 23.6 Å². The number of nitrogens with zero attached hydrogens (tertiary/aromatic N) is 5. The average Bonchev–Trinajstić information content (AvgIpc) is 3.37. The predicted molar refractivity (Wildman–Crippen MR) is 106 cm³/mol. The van der Waals surface area contributed by atoms with E-state index < -0.39 is 23.6 Å². The van der Waals surface area contributed by atoms with Gasteiger partial charge in [0.15, 0.2) is 11.6 Å². The van der Waals surface area contributed by atoms with Crippen molar-refractivity contribution in [2.75, 3.05) is 19.0 Å². The Balaban J connectivity index is 1.58. The van der Waals surface area contributed by atoms with Gasteiger partial charge in [-0.1, -0.05) is 6.07 Å². The minimum Gasteiger partial charge on any atom is -0.348 e. The van der Waals surface area contributed by atoms with E-state index in [1.54, 1.807) is 17.0 Å². The third-order valence-electron chi connectivity index (χ3n) is 4.47. The number of hydrogen-bond acceptors (Lipinski definition) is 5. The molecule has 2 aromatic heterocycles. The van der Waals surface area contributed by atoms with E-state index in [4.69, 9.17) is 0 Å². The van der Waals surface area contributed by atoms with Gasteiger partial charge in [-0.15, -0.1) is 0 Å². The van der Waals surface area contributed by atoms with Crippen molar-refractivity contribution >= 4 is 18.1 Å². The number of carbonyl (C=O) groups excluding carboxylic acids is 2. The van der Waals surface area contributed by atoms with E-state index in [1.165, 1.54) is 18.6 Å². The van der Waals surface area contributed by atoms with E-state index in [0.717, 1.165) is 18.1 Å². The topological polar surface area (TPSA) is 85.0 Å². The summed E-state index contributed by atoms with van der Waals surface area (Å²) in [5, 5.41) is 2.65. The molecule has 3 rings (SSSR count). The molecule has 1 atom stereocenters. The number of aryl methyl sites for hydroxylation is 1. The summed E-state index contributed by atoms with van der Waals surface area (Å²) >= 11 is 0. The Morgan fingerprint density at radius 1 is 1.27 bits per heavy atom. The van der Waals surface area contributed by atoms with Gasteiger partial charge in [-0.3, -0.25) is 4.79 Å². The Morgan fingerprint density at radius 3 is 2.77 bits per heavy atom. The molecule has 0 bridgehead atoms. The van der Waals surface area contributed by atoms with Crippen LogP contribution in [0.25, 0.3) is 0 Å². The Kier molecular flexibility index (Phi) is 6.55. The van der Waals surface area contributed by atoms with Crippen LogP contribution in [0, 0.1) is 11.6 Å². The maximum Gasteiger partial charge on any atom is 0.272 e. The van der Waals surface area contributed by atoms with Crippen LogP contribution in [0.4, 0.5) is 14.7 Å². The van der Waals surface area contributed by atoms with Crippen molar-refractivity contribution in [3.63, 3.8) is 0 Å². The summed E-state index contributed by atoms with van der Waals surface area (Å²) in [6.45, 7) is 0.726. The highest BCUT2D eigenvalue weighted by molar-refractivity contribution is 5.93. The van der Waals surface area contributed by atoms with Crippen molar-refractivity contribution < 1.29 is 18.4 Å². The summed E-state index contributed by atoms with van der Waals surface area (Å²) in [6, 6.07) is 2.91. The number of halogens is 2. The predicted octanol–water partition coefficient (Wildman–Crippen LogP) is 1.86. The fraction of sp³-hybridized carbons (Fsp3) is 0.300. The van der Waals surface area contributed by atoms with Crippen LogP contribution in [0.15, 0.2) is 43.1 Å². The maximum atomic E-state index is 13.3. The van der Waals surface area contributed by atoms with Crippen LogP contribution >= 0.6 is 0 Å². The molecule has 1 amide bonds. The summed E-state index contributed by atoms with van der Waals surface area (Å²) in [6.07, 6.45) is 7.45. The molecule has 0 saturated heterocycles. The molecule has 1 unspecified atom stereocenters. The van der Waals surface area contributed by atoms with Gasteiger partial charge in [0.05, 0.1) is 12.4 Å². The van der Waals surface area contributed by atoms with Crippen LogP contribution < -0.4 is 10.2 Å². The second-order valence-electron chi connectivity index (χ2n) is 7.00. The van der Waals surface area contributed by atoms with Crippen LogP contribution in [0.3, 0.4) is 0 Å². The highest BCUT2D eigenvalue weighted by Crippen LogP contribution is 2.11. The quantitative estimate of drug-likeness (QED) is 0.539. The third kappa shape index (κ3) is 5.07.